The Morgan fingerprint density at radius 1 is 1.04 bits per heavy atom. The van der Waals surface area contributed by atoms with Gasteiger partial charge in [-0.1, -0.05) is 50.2 Å². The zero-order valence-electron chi connectivity index (χ0n) is 16.9. The van der Waals surface area contributed by atoms with Crippen LogP contribution in [-0.2, 0) is 4.79 Å². The van der Waals surface area contributed by atoms with E-state index in [1.54, 1.807) is 13.2 Å². The van der Waals surface area contributed by atoms with E-state index in [1.165, 1.54) is 5.56 Å². The molecule has 0 bridgehead atoms. The number of nitrogens with one attached hydrogen (secondary N) is 1. The number of amides is 1. The highest BCUT2D eigenvalue weighted by atomic mass is 16.5. The molecule has 0 radical (unpaired) electrons. The Morgan fingerprint density at radius 2 is 1.63 bits per heavy atom. The minimum absolute atomic E-state index is 0.0942. The third kappa shape index (κ3) is 6.26. The standard InChI is InChI=1S/C23H30N2O2/c1-17(2)19-9-6-18(7-10-19)8-15-23(26)24-16-22(25(3)4)20-11-13-21(27-5)14-12-20/h6-15,17,22H,16H2,1-5H3,(H,24,26)/b15-8+. The zero-order valence-corrected chi connectivity index (χ0v) is 16.9. The van der Waals surface area contributed by atoms with E-state index in [0.29, 0.717) is 12.5 Å². The van der Waals surface area contributed by atoms with E-state index in [1.807, 2.05) is 56.6 Å². The molecular formula is C23H30N2O2. The van der Waals surface area contributed by atoms with Gasteiger partial charge in [-0.15, -0.1) is 0 Å². The summed E-state index contributed by atoms with van der Waals surface area (Å²) in [6.45, 7) is 4.87. The first-order valence-electron chi connectivity index (χ1n) is 9.27. The third-order valence-electron chi connectivity index (χ3n) is 4.62. The molecule has 0 aliphatic rings. The molecule has 2 aromatic carbocycles. The maximum atomic E-state index is 12.2. The van der Waals surface area contributed by atoms with Gasteiger partial charge in [0.1, 0.15) is 5.75 Å². The topological polar surface area (TPSA) is 41.6 Å². The first-order valence-corrected chi connectivity index (χ1v) is 9.27. The van der Waals surface area contributed by atoms with Crippen molar-refractivity contribution in [2.75, 3.05) is 27.7 Å². The number of benzene rings is 2. The van der Waals surface area contributed by atoms with Gasteiger partial charge < -0.3 is 15.0 Å². The van der Waals surface area contributed by atoms with Crippen LogP contribution in [0.1, 0.15) is 42.5 Å². The van der Waals surface area contributed by atoms with Crippen molar-refractivity contribution >= 4 is 12.0 Å². The highest BCUT2D eigenvalue weighted by Crippen LogP contribution is 2.20. The zero-order chi connectivity index (χ0) is 19.8. The molecule has 2 aromatic rings. The summed E-state index contributed by atoms with van der Waals surface area (Å²) in [5.74, 6) is 1.24. The summed E-state index contributed by atoms with van der Waals surface area (Å²) in [6, 6.07) is 16.3. The largest absolute Gasteiger partial charge is 0.497 e. The van der Waals surface area contributed by atoms with Crippen LogP contribution in [0.3, 0.4) is 0 Å². The van der Waals surface area contributed by atoms with E-state index in [9.17, 15) is 4.79 Å². The van der Waals surface area contributed by atoms with Crippen molar-refractivity contribution in [1.82, 2.24) is 10.2 Å². The van der Waals surface area contributed by atoms with Gasteiger partial charge >= 0.3 is 0 Å². The first-order chi connectivity index (χ1) is 12.9. The fraction of sp³-hybridized carbons (Fsp3) is 0.348. The fourth-order valence-corrected chi connectivity index (χ4v) is 2.84. The van der Waals surface area contributed by atoms with Crippen molar-refractivity contribution in [2.45, 2.75) is 25.8 Å². The first kappa shape index (κ1) is 20.7. The van der Waals surface area contributed by atoms with Crippen molar-refractivity contribution in [3.05, 3.63) is 71.3 Å². The Bertz CT molecular complexity index is 747. The van der Waals surface area contributed by atoms with Crippen molar-refractivity contribution in [2.24, 2.45) is 0 Å². The molecule has 4 heteroatoms. The highest BCUT2D eigenvalue weighted by molar-refractivity contribution is 5.91. The van der Waals surface area contributed by atoms with Crippen LogP contribution >= 0.6 is 0 Å². The molecule has 4 nitrogen and oxygen atoms in total. The number of ether oxygens (including phenoxy) is 1. The molecule has 1 N–H and O–H groups in total. The summed E-state index contributed by atoms with van der Waals surface area (Å²) >= 11 is 0. The van der Waals surface area contributed by atoms with Crippen LogP contribution in [0.4, 0.5) is 0 Å². The number of nitrogens with zero attached hydrogens (tertiary/aromatic N) is 1. The van der Waals surface area contributed by atoms with Gasteiger partial charge in [0.05, 0.1) is 13.2 Å². The summed E-state index contributed by atoms with van der Waals surface area (Å²) in [4.78, 5) is 14.3. The summed E-state index contributed by atoms with van der Waals surface area (Å²) in [5, 5.41) is 2.99. The molecule has 1 unspecified atom stereocenters. The number of carbonyl (C=O) groups is 1. The Hall–Kier alpha value is -2.59. The Kier molecular flexibility index (Phi) is 7.62. The van der Waals surface area contributed by atoms with Crippen molar-refractivity contribution in [3.8, 4) is 5.75 Å². The van der Waals surface area contributed by atoms with Gasteiger partial charge in [-0.05, 0) is 54.9 Å². The normalized spacial score (nSPS) is 12.6. The van der Waals surface area contributed by atoms with Gasteiger partial charge in [0, 0.05) is 12.6 Å². The molecule has 144 valence electrons. The predicted octanol–water partition coefficient (Wildman–Crippen LogP) is 4.25. The minimum Gasteiger partial charge on any atom is -0.497 e. The predicted molar refractivity (Wildman–Crippen MR) is 112 cm³/mol. The lowest BCUT2D eigenvalue weighted by atomic mass is 10.0. The van der Waals surface area contributed by atoms with E-state index in [0.717, 1.165) is 16.9 Å². The van der Waals surface area contributed by atoms with Crippen LogP contribution in [-0.4, -0.2) is 38.6 Å². The Morgan fingerprint density at radius 3 is 2.15 bits per heavy atom. The van der Waals surface area contributed by atoms with Gasteiger partial charge in [0.2, 0.25) is 5.91 Å². The van der Waals surface area contributed by atoms with E-state index in [4.69, 9.17) is 4.74 Å². The minimum atomic E-state index is -0.0942. The van der Waals surface area contributed by atoms with Gasteiger partial charge in [0.25, 0.3) is 0 Å². The number of carbonyl (C=O) groups excluding carboxylic acids is 1. The number of likely N-dealkylation sites (N-methyl/N-ethyl adjacent to an activating group) is 1. The van der Waals surface area contributed by atoms with Crippen LogP contribution in [0.15, 0.2) is 54.6 Å². The maximum absolute atomic E-state index is 12.2. The molecular weight excluding hydrogens is 336 g/mol. The molecule has 2 rings (SSSR count). The third-order valence-corrected chi connectivity index (χ3v) is 4.62. The van der Waals surface area contributed by atoms with Crippen LogP contribution in [0, 0.1) is 0 Å². The van der Waals surface area contributed by atoms with Gasteiger partial charge in [-0.3, -0.25) is 4.79 Å². The number of rotatable bonds is 8. The van der Waals surface area contributed by atoms with Crippen LogP contribution < -0.4 is 10.1 Å². The SMILES string of the molecule is COc1ccc(C(CNC(=O)/C=C/c2ccc(C(C)C)cc2)N(C)C)cc1. The summed E-state index contributed by atoms with van der Waals surface area (Å²) in [5.41, 5.74) is 3.45. The number of hydrogen-bond acceptors (Lipinski definition) is 3. The Labute approximate surface area is 162 Å². The highest BCUT2D eigenvalue weighted by Gasteiger charge is 2.14. The Balaban J connectivity index is 1.94. The average Bonchev–Trinajstić information content (AvgIpc) is 2.67. The van der Waals surface area contributed by atoms with Crippen molar-refractivity contribution in [1.29, 1.82) is 0 Å². The molecule has 1 amide bonds. The second kappa shape index (κ2) is 9.93. The average molecular weight is 367 g/mol. The lowest BCUT2D eigenvalue weighted by Gasteiger charge is -2.25. The molecule has 0 saturated carbocycles. The molecule has 0 spiro atoms. The molecule has 1 atom stereocenters. The monoisotopic (exact) mass is 366 g/mol. The van der Waals surface area contributed by atoms with Crippen LogP contribution in [0.5, 0.6) is 5.75 Å². The summed E-state index contributed by atoms with van der Waals surface area (Å²) in [7, 11) is 5.67. The quantitative estimate of drug-likeness (QED) is 0.710. The molecule has 0 aliphatic heterocycles. The number of hydrogen-bond donors (Lipinski definition) is 1. The summed E-state index contributed by atoms with van der Waals surface area (Å²) in [6.07, 6.45) is 3.43. The molecule has 0 aliphatic carbocycles. The molecule has 0 fully saturated rings. The van der Waals surface area contributed by atoms with E-state index >= 15 is 0 Å². The van der Waals surface area contributed by atoms with E-state index in [2.05, 4.69) is 36.2 Å². The molecule has 0 saturated heterocycles. The molecule has 0 heterocycles. The van der Waals surface area contributed by atoms with Crippen LogP contribution in [0.2, 0.25) is 0 Å². The van der Waals surface area contributed by atoms with Crippen molar-refractivity contribution in [3.63, 3.8) is 0 Å². The lowest BCUT2D eigenvalue weighted by molar-refractivity contribution is -0.116. The number of methoxy groups -OCH3 is 1. The molecule has 27 heavy (non-hydrogen) atoms. The maximum Gasteiger partial charge on any atom is 0.244 e. The van der Waals surface area contributed by atoms with E-state index < -0.39 is 0 Å². The van der Waals surface area contributed by atoms with Gasteiger partial charge in [-0.2, -0.15) is 0 Å². The fourth-order valence-electron chi connectivity index (χ4n) is 2.84. The lowest BCUT2D eigenvalue weighted by Crippen LogP contribution is -2.33. The second-order valence-corrected chi connectivity index (χ2v) is 7.15. The molecule has 0 aromatic heterocycles. The van der Waals surface area contributed by atoms with Gasteiger partial charge in [0.15, 0.2) is 0 Å². The summed E-state index contributed by atoms with van der Waals surface area (Å²) < 4.78 is 5.21. The second-order valence-electron chi connectivity index (χ2n) is 7.15. The van der Waals surface area contributed by atoms with Crippen molar-refractivity contribution < 1.29 is 9.53 Å². The van der Waals surface area contributed by atoms with Crippen LogP contribution in [0.25, 0.3) is 6.08 Å². The van der Waals surface area contributed by atoms with Gasteiger partial charge in [-0.25, -0.2) is 0 Å². The van der Waals surface area contributed by atoms with E-state index in [-0.39, 0.29) is 11.9 Å². The smallest absolute Gasteiger partial charge is 0.244 e.